The average Bonchev–Trinajstić information content (AvgIpc) is 1.81. The number of hydrogen-bond acceptors (Lipinski definition) is 5. The zero-order chi connectivity index (χ0) is 8.20. The molecule has 2 atom stereocenters. The summed E-state index contributed by atoms with van der Waals surface area (Å²) in [6.45, 7) is -0.749. The lowest BCUT2D eigenvalue weighted by atomic mass is 10.4. The van der Waals surface area contributed by atoms with Gasteiger partial charge in [0.05, 0.1) is 6.61 Å². The van der Waals surface area contributed by atoms with E-state index in [4.69, 9.17) is 10.00 Å². The van der Waals surface area contributed by atoms with E-state index in [1.54, 1.807) is 0 Å². The number of aliphatic hydroxyl groups excluding tert-OH is 1. The van der Waals surface area contributed by atoms with Crippen LogP contribution in [-0.2, 0) is 13.9 Å². The lowest BCUT2D eigenvalue weighted by Crippen LogP contribution is -2.17. The van der Waals surface area contributed by atoms with E-state index >= 15 is 0 Å². The normalized spacial score (nSPS) is 19.5. The van der Waals surface area contributed by atoms with Crippen molar-refractivity contribution in [2.24, 2.45) is 0 Å². The van der Waals surface area contributed by atoms with Crippen LogP contribution < -0.4 is 4.89 Å². The van der Waals surface area contributed by atoms with Crippen molar-refractivity contribution in [1.82, 2.24) is 0 Å². The summed E-state index contributed by atoms with van der Waals surface area (Å²) >= 11 is 0. The molecule has 2 unspecified atom stereocenters. The Hall–Kier alpha value is -0.260. The predicted molar refractivity (Wildman–Crippen MR) is 27.8 cm³/mol. The highest BCUT2D eigenvalue weighted by molar-refractivity contribution is 7.44. The van der Waals surface area contributed by atoms with Crippen LogP contribution in [-0.4, -0.2) is 29.0 Å². The third kappa shape index (κ3) is 5.87. The Morgan fingerprint density at radius 3 is 2.60 bits per heavy atom. The predicted octanol–water partition coefficient (Wildman–Crippen LogP) is -1.98. The molecule has 0 amide bonds. The molecule has 10 heavy (non-hydrogen) atoms. The van der Waals surface area contributed by atoms with E-state index in [9.17, 15) is 14.3 Å². The third-order valence-electron chi connectivity index (χ3n) is 0.566. The topological polar surface area (TPSA) is 107 Å². The minimum absolute atomic E-state index is 0.0929. The van der Waals surface area contributed by atoms with Gasteiger partial charge >= 0.3 is 0 Å². The molecule has 0 rings (SSSR count). The fraction of sp³-hybridized carbons (Fsp3) is 0.667. The summed E-state index contributed by atoms with van der Waals surface area (Å²) in [5.41, 5.74) is 0. The first kappa shape index (κ1) is 9.74. The molecular formula is C3H6O6P-. The number of rotatable bonds is 4. The van der Waals surface area contributed by atoms with Crippen molar-refractivity contribution < 1.29 is 28.8 Å². The summed E-state index contributed by atoms with van der Waals surface area (Å²) < 4.78 is 13.4. The van der Waals surface area contributed by atoms with E-state index in [1.807, 2.05) is 0 Å². The number of carbonyl (C=O) groups is 1. The Morgan fingerprint density at radius 2 is 2.30 bits per heavy atom. The number of hydrogen-bond donors (Lipinski definition) is 2. The highest BCUT2D eigenvalue weighted by atomic mass is 31.2. The van der Waals surface area contributed by atoms with Crippen molar-refractivity contribution >= 4 is 14.1 Å². The molecular weight excluding hydrogens is 163 g/mol. The SMILES string of the molecule is O=CC(O)COP(=O)([O-])O. The van der Waals surface area contributed by atoms with E-state index < -0.39 is 20.5 Å². The smallest absolute Gasteiger partial charge is 0.265 e. The standard InChI is InChI=1S/C3H7O6P/c4-1-3(5)2-9-10(6,7)8/h1,3,5H,2H2,(H2,6,7,8)/p-1. The quantitative estimate of drug-likeness (QED) is 0.373. The van der Waals surface area contributed by atoms with Gasteiger partial charge in [-0.2, -0.15) is 0 Å². The molecule has 0 aromatic carbocycles. The van der Waals surface area contributed by atoms with Crippen LogP contribution >= 0.6 is 7.82 Å². The van der Waals surface area contributed by atoms with Crippen molar-refractivity contribution in [3.63, 3.8) is 0 Å². The van der Waals surface area contributed by atoms with Crippen molar-refractivity contribution in [3.05, 3.63) is 0 Å². The number of phosphoric acid groups is 1. The summed E-state index contributed by atoms with van der Waals surface area (Å²) in [5, 5.41) is 8.36. The van der Waals surface area contributed by atoms with Gasteiger partial charge in [-0.25, -0.2) is 0 Å². The second-order valence-electron chi connectivity index (χ2n) is 1.47. The highest BCUT2D eigenvalue weighted by Gasteiger charge is 2.06. The molecule has 0 fully saturated rings. The largest absolute Gasteiger partial charge is 0.756 e. The number of carbonyl (C=O) groups excluding carboxylic acids is 1. The molecule has 0 saturated carbocycles. The van der Waals surface area contributed by atoms with Crippen LogP contribution in [0.2, 0.25) is 0 Å². The number of aliphatic hydroxyl groups is 1. The van der Waals surface area contributed by atoms with Gasteiger partial charge in [0.2, 0.25) is 0 Å². The zero-order valence-corrected chi connectivity index (χ0v) is 5.73. The van der Waals surface area contributed by atoms with Gasteiger partial charge in [-0.15, -0.1) is 0 Å². The van der Waals surface area contributed by atoms with Gasteiger partial charge < -0.3 is 24.2 Å². The van der Waals surface area contributed by atoms with E-state index in [-0.39, 0.29) is 6.29 Å². The lowest BCUT2D eigenvalue weighted by molar-refractivity contribution is -0.221. The van der Waals surface area contributed by atoms with Gasteiger partial charge in [0.15, 0.2) is 6.29 Å². The molecule has 0 aliphatic carbocycles. The van der Waals surface area contributed by atoms with Gasteiger partial charge in [0.25, 0.3) is 7.82 Å². The first-order valence-electron chi connectivity index (χ1n) is 2.27. The fourth-order valence-corrected chi connectivity index (χ4v) is 0.551. The minimum Gasteiger partial charge on any atom is -0.756 e. The molecule has 0 radical (unpaired) electrons. The van der Waals surface area contributed by atoms with Crippen LogP contribution in [0.4, 0.5) is 0 Å². The molecule has 0 spiro atoms. The Bertz CT molecular complexity index is 149. The van der Waals surface area contributed by atoms with Crippen LogP contribution in [0.15, 0.2) is 0 Å². The van der Waals surface area contributed by atoms with Gasteiger partial charge in [0, 0.05) is 0 Å². The Labute approximate surface area is 56.7 Å². The van der Waals surface area contributed by atoms with Crippen molar-refractivity contribution in [2.75, 3.05) is 6.61 Å². The molecule has 0 saturated heterocycles. The van der Waals surface area contributed by atoms with Crippen LogP contribution in [0.25, 0.3) is 0 Å². The number of aldehydes is 1. The van der Waals surface area contributed by atoms with E-state index in [0.717, 1.165) is 0 Å². The summed E-state index contributed by atoms with van der Waals surface area (Å²) in [4.78, 5) is 27.3. The maximum atomic E-state index is 9.79. The molecule has 0 aromatic heterocycles. The van der Waals surface area contributed by atoms with Gasteiger partial charge in [0.1, 0.15) is 6.10 Å². The molecule has 6 nitrogen and oxygen atoms in total. The second kappa shape index (κ2) is 3.80. The van der Waals surface area contributed by atoms with Gasteiger partial charge in [-0.05, 0) is 0 Å². The molecule has 0 heterocycles. The van der Waals surface area contributed by atoms with Crippen molar-refractivity contribution in [2.45, 2.75) is 6.10 Å². The first-order chi connectivity index (χ1) is 4.45. The van der Waals surface area contributed by atoms with Crippen molar-refractivity contribution in [3.8, 4) is 0 Å². The molecule has 60 valence electrons. The van der Waals surface area contributed by atoms with Crippen LogP contribution in [0.5, 0.6) is 0 Å². The Balaban J connectivity index is 3.55. The highest BCUT2D eigenvalue weighted by Crippen LogP contribution is 2.29. The van der Waals surface area contributed by atoms with Gasteiger partial charge in [-0.3, -0.25) is 4.57 Å². The molecule has 7 heteroatoms. The van der Waals surface area contributed by atoms with E-state index in [1.165, 1.54) is 0 Å². The molecule has 0 bridgehead atoms. The fourth-order valence-electron chi connectivity index (χ4n) is 0.210. The van der Waals surface area contributed by atoms with Crippen LogP contribution in [0.3, 0.4) is 0 Å². The average molecular weight is 169 g/mol. The summed E-state index contributed by atoms with van der Waals surface area (Å²) in [6, 6.07) is 0. The molecule has 2 N–H and O–H groups in total. The first-order valence-corrected chi connectivity index (χ1v) is 3.77. The van der Waals surface area contributed by atoms with E-state index in [2.05, 4.69) is 4.52 Å². The Morgan fingerprint density at radius 1 is 1.80 bits per heavy atom. The summed E-state index contributed by atoms with van der Waals surface area (Å²) in [5.74, 6) is 0. The maximum absolute atomic E-state index is 9.79. The third-order valence-corrected chi connectivity index (χ3v) is 1.04. The second-order valence-corrected chi connectivity index (χ2v) is 2.66. The monoisotopic (exact) mass is 169 g/mol. The maximum Gasteiger partial charge on any atom is 0.265 e. The van der Waals surface area contributed by atoms with E-state index in [0.29, 0.717) is 0 Å². The van der Waals surface area contributed by atoms with Crippen LogP contribution in [0.1, 0.15) is 0 Å². The lowest BCUT2D eigenvalue weighted by Gasteiger charge is -2.15. The summed E-state index contributed by atoms with van der Waals surface area (Å²) in [7, 11) is -4.80. The summed E-state index contributed by atoms with van der Waals surface area (Å²) in [6.07, 6.45) is -1.43. The van der Waals surface area contributed by atoms with Crippen LogP contribution in [0, 0.1) is 0 Å². The Kier molecular flexibility index (Phi) is 3.70. The molecule has 0 aliphatic rings. The molecule has 0 aliphatic heterocycles. The molecule has 0 aromatic rings. The van der Waals surface area contributed by atoms with Crippen molar-refractivity contribution in [1.29, 1.82) is 0 Å². The number of phosphoric ester groups is 1. The minimum atomic E-state index is -4.80. The zero-order valence-electron chi connectivity index (χ0n) is 4.84. The van der Waals surface area contributed by atoms with Gasteiger partial charge in [-0.1, -0.05) is 0 Å².